The summed E-state index contributed by atoms with van der Waals surface area (Å²) in [7, 11) is 1.81. The number of oxazole rings is 1. The molecular weight excluding hydrogens is 362 g/mol. The lowest BCUT2D eigenvalue weighted by Gasteiger charge is -2.21. The molecule has 1 aromatic carbocycles. The van der Waals surface area contributed by atoms with Crippen molar-refractivity contribution < 1.29 is 4.42 Å². The van der Waals surface area contributed by atoms with Gasteiger partial charge in [-0.2, -0.15) is 0 Å². The summed E-state index contributed by atoms with van der Waals surface area (Å²) in [5.41, 5.74) is 3.17. The van der Waals surface area contributed by atoms with Gasteiger partial charge in [0.2, 0.25) is 5.89 Å². The van der Waals surface area contributed by atoms with E-state index in [9.17, 15) is 0 Å². The molecule has 0 fully saturated rings. The molecule has 29 heavy (non-hydrogen) atoms. The van der Waals surface area contributed by atoms with E-state index >= 15 is 0 Å². The number of benzene rings is 1. The van der Waals surface area contributed by atoms with Crippen molar-refractivity contribution in [2.75, 3.05) is 33.2 Å². The molecule has 1 unspecified atom stereocenters. The van der Waals surface area contributed by atoms with Crippen LogP contribution in [0, 0.1) is 6.92 Å². The van der Waals surface area contributed by atoms with Crippen molar-refractivity contribution in [1.82, 2.24) is 20.5 Å². The van der Waals surface area contributed by atoms with Crippen LogP contribution in [0.5, 0.6) is 0 Å². The minimum absolute atomic E-state index is 0.386. The van der Waals surface area contributed by atoms with Crippen LogP contribution in [0.2, 0.25) is 0 Å². The summed E-state index contributed by atoms with van der Waals surface area (Å²) in [6, 6.07) is 8.60. The van der Waals surface area contributed by atoms with Crippen molar-refractivity contribution in [2.45, 2.75) is 53.0 Å². The lowest BCUT2D eigenvalue weighted by Crippen LogP contribution is -2.43. The number of aryl methyl sites for hydroxylation is 1. The van der Waals surface area contributed by atoms with Gasteiger partial charge in [-0.1, -0.05) is 31.5 Å². The molecule has 0 aliphatic carbocycles. The minimum Gasteiger partial charge on any atom is -0.444 e. The molecule has 1 heterocycles. The number of hydrogen-bond donors (Lipinski definition) is 2. The van der Waals surface area contributed by atoms with Crippen LogP contribution in [0.1, 0.15) is 44.9 Å². The number of rotatable bonds is 11. The Morgan fingerprint density at radius 1 is 1.21 bits per heavy atom. The van der Waals surface area contributed by atoms with Crippen LogP contribution in [0.3, 0.4) is 0 Å². The molecule has 2 aromatic rings. The molecule has 0 saturated heterocycles. The van der Waals surface area contributed by atoms with Crippen molar-refractivity contribution in [3.63, 3.8) is 0 Å². The van der Waals surface area contributed by atoms with Gasteiger partial charge < -0.3 is 20.0 Å². The molecule has 0 bridgehead atoms. The van der Waals surface area contributed by atoms with Gasteiger partial charge in [-0.3, -0.25) is 4.99 Å². The highest BCUT2D eigenvalue weighted by Crippen LogP contribution is 2.19. The third-order valence-corrected chi connectivity index (χ3v) is 5.14. The highest BCUT2D eigenvalue weighted by molar-refractivity contribution is 5.79. The first-order valence-electron chi connectivity index (χ1n) is 10.8. The van der Waals surface area contributed by atoms with Crippen LogP contribution in [0.25, 0.3) is 11.5 Å². The standard InChI is InChI=1S/C23H37N5O/c1-6-28(7-2)16-8-9-19(4)26-23(24-5)25-15-14-21-17-29-22(27-21)20-12-10-18(3)11-13-20/h10-13,17,19H,6-9,14-16H2,1-5H3,(H2,24,25,26). The Labute approximate surface area is 175 Å². The van der Waals surface area contributed by atoms with Gasteiger partial charge in [0.25, 0.3) is 0 Å². The molecule has 0 aliphatic rings. The highest BCUT2D eigenvalue weighted by Gasteiger charge is 2.09. The van der Waals surface area contributed by atoms with E-state index in [1.54, 1.807) is 6.26 Å². The van der Waals surface area contributed by atoms with Crippen LogP contribution in [0.15, 0.2) is 39.9 Å². The normalized spacial score (nSPS) is 13.0. The fourth-order valence-electron chi connectivity index (χ4n) is 3.22. The summed E-state index contributed by atoms with van der Waals surface area (Å²) in [6.45, 7) is 12.9. The van der Waals surface area contributed by atoms with Gasteiger partial charge in [-0.25, -0.2) is 4.98 Å². The number of aromatic nitrogens is 1. The first kappa shape index (κ1) is 22.9. The molecule has 6 nitrogen and oxygen atoms in total. The number of nitrogens with zero attached hydrogens (tertiary/aromatic N) is 3. The second-order valence-corrected chi connectivity index (χ2v) is 7.47. The molecule has 2 N–H and O–H groups in total. The summed E-state index contributed by atoms with van der Waals surface area (Å²) in [4.78, 5) is 11.4. The fourth-order valence-corrected chi connectivity index (χ4v) is 3.22. The first-order valence-corrected chi connectivity index (χ1v) is 10.8. The van der Waals surface area contributed by atoms with Crippen LogP contribution in [0.4, 0.5) is 0 Å². The van der Waals surface area contributed by atoms with Gasteiger partial charge in [-0.15, -0.1) is 0 Å². The molecular formula is C23H37N5O. The molecule has 1 atom stereocenters. The van der Waals surface area contributed by atoms with Crippen molar-refractivity contribution in [3.05, 3.63) is 41.8 Å². The monoisotopic (exact) mass is 399 g/mol. The summed E-state index contributed by atoms with van der Waals surface area (Å²) in [5.74, 6) is 1.51. The SMILES string of the molecule is CCN(CC)CCCC(C)NC(=NC)NCCc1coc(-c2ccc(C)cc2)n1. The van der Waals surface area contributed by atoms with Crippen LogP contribution < -0.4 is 10.6 Å². The molecule has 0 radical (unpaired) electrons. The van der Waals surface area contributed by atoms with Gasteiger partial charge in [0.15, 0.2) is 5.96 Å². The zero-order valence-electron chi connectivity index (χ0n) is 18.7. The first-order chi connectivity index (χ1) is 14.0. The molecule has 0 saturated carbocycles. The van der Waals surface area contributed by atoms with E-state index < -0.39 is 0 Å². The molecule has 0 aliphatic heterocycles. The van der Waals surface area contributed by atoms with Gasteiger partial charge >= 0.3 is 0 Å². The van der Waals surface area contributed by atoms with Gasteiger partial charge in [-0.05, 0) is 58.5 Å². The number of nitrogens with one attached hydrogen (secondary N) is 2. The zero-order valence-corrected chi connectivity index (χ0v) is 18.7. The maximum Gasteiger partial charge on any atom is 0.226 e. The molecule has 0 spiro atoms. The predicted octanol–water partition coefficient (Wildman–Crippen LogP) is 3.87. The van der Waals surface area contributed by atoms with E-state index in [1.165, 1.54) is 12.0 Å². The Morgan fingerprint density at radius 2 is 1.93 bits per heavy atom. The van der Waals surface area contributed by atoms with Crippen molar-refractivity contribution in [1.29, 1.82) is 0 Å². The maximum atomic E-state index is 5.63. The summed E-state index contributed by atoms with van der Waals surface area (Å²) < 4.78 is 5.63. The van der Waals surface area contributed by atoms with Gasteiger partial charge in [0.05, 0.1) is 5.69 Å². The Balaban J connectivity index is 1.72. The average Bonchev–Trinajstić information content (AvgIpc) is 3.20. The lowest BCUT2D eigenvalue weighted by atomic mass is 10.1. The Kier molecular flexibility index (Phi) is 9.71. The van der Waals surface area contributed by atoms with E-state index in [4.69, 9.17) is 4.42 Å². The van der Waals surface area contributed by atoms with Crippen LogP contribution >= 0.6 is 0 Å². The molecule has 6 heteroatoms. The Bertz CT molecular complexity index is 734. The number of aliphatic imine (C=N–C) groups is 1. The molecule has 160 valence electrons. The van der Waals surface area contributed by atoms with E-state index in [0.717, 1.165) is 56.2 Å². The molecule has 1 aromatic heterocycles. The second kappa shape index (κ2) is 12.3. The summed E-state index contributed by atoms with van der Waals surface area (Å²) >= 11 is 0. The second-order valence-electron chi connectivity index (χ2n) is 7.47. The van der Waals surface area contributed by atoms with Gasteiger partial charge in [0, 0.05) is 31.6 Å². The van der Waals surface area contributed by atoms with Crippen LogP contribution in [-0.4, -0.2) is 55.1 Å². The maximum absolute atomic E-state index is 5.63. The fraction of sp³-hybridized carbons (Fsp3) is 0.565. The van der Waals surface area contributed by atoms with E-state index in [2.05, 4.69) is 65.3 Å². The average molecular weight is 400 g/mol. The highest BCUT2D eigenvalue weighted by atomic mass is 16.3. The topological polar surface area (TPSA) is 65.7 Å². The van der Waals surface area contributed by atoms with Crippen LogP contribution in [-0.2, 0) is 6.42 Å². The van der Waals surface area contributed by atoms with E-state index in [0.29, 0.717) is 11.9 Å². The van der Waals surface area contributed by atoms with Gasteiger partial charge in [0.1, 0.15) is 6.26 Å². The largest absolute Gasteiger partial charge is 0.444 e. The van der Waals surface area contributed by atoms with Crippen molar-refractivity contribution in [2.24, 2.45) is 4.99 Å². The Morgan fingerprint density at radius 3 is 2.59 bits per heavy atom. The minimum atomic E-state index is 0.386. The zero-order chi connectivity index (χ0) is 21.1. The Hall–Kier alpha value is -2.34. The number of guanidine groups is 1. The third kappa shape index (κ3) is 7.89. The summed E-state index contributed by atoms with van der Waals surface area (Å²) in [5, 5.41) is 6.85. The smallest absolute Gasteiger partial charge is 0.226 e. The molecule has 0 amide bonds. The van der Waals surface area contributed by atoms with Crippen molar-refractivity contribution in [3.8, 4) is 11.5 Å². The van der Waals surface area contributed by atoms with E-state index in [1.807, 2.05) is 19.2 Å². The van der Waals surface area contributed by atoms with E-state index in [-0.39, 0.29) is 0 Å². The third-order valence-electron chi connectivity index (χ3n) is 5.14. The predicted molar refractivity (Wildman–Crippen MR) is 121 cm³/mol. The molecule has 2 rings (SSSR count). The quantitative estimate of drug-likeness (QED) is 0.444. The summed E-state index contributed by atoms with van der Waals surface area (Å²) in [6.07, 6.45) is 4.84. The lowest BCUT2D eigenvalue weighted by molar-refractivity contribution is 0.292. The van der Waals surface area contributed by atoms with Crippen molar-refractivity contribution >= 4 is 5.96 Å². The number of hydrogen-bond acceptors (Lipinski definition) is 4.